The maximum Gasteiger partial charge on any atom is 0.321 e. The third-order valence-electron chi connectivity index (χ3n) is 3.55. The molecule has 0 heterocycles. The molecule has 2 rings (SSSR count). The number of hydrogen-bond acceptors (Lipinski definition) is 2. The molecule has 0 saturated carbocycles. The van der Waals surface area contributed by atoms with Crippen LogP contribution in [0.3, 0.4) is 0 Å². The Labute approximate surface area is 144 Å². The van der Waals surface area contributed by atoms with Gasteiger partial charge in [-0.25, -0.2) is 4.79 Å². The quantitative estimate of drug-likeness (QED) is 0.856. The van der Waals surface area contributed by atoms with Gasteiger partial charge in [0.2, 0.25) is 0 Å². The van der Waals surface area contributed by atoms with Gasteiger partial charge in [0.05, 0.1) is 11.6 Å². The Bertz CT molecular complexity index is 757. The first-order chi connectivity index (χ1) is 10.9. The topological polar surface area (TPSA) is 56.1 Å². The maximum absolute atomic E-state index is 12.4. The molecule has 0 unspecified atom stereocenters. The molecule has 2 amide bonds. The minimum absolute atomic E-state index is 0.180. The summed E-state index contributed by atoms with van der Waals surface area (Å²) in [5.41, 5.74) is 4.35. The Morgan fingerprint density at radius 1 is 1.26 bits per heavy atom. The first-order valence-corrected chi connectivity index (χ1v) is 7.98. The number of benzene rings is 2. The highest BCUT2D eigenvalue weighted by Crippen LogP contribution is 2.25. The smallest absolute Gasteiger partial charge is 0.321 e. The van der Waals surface area contributed by atoms with E-state index in [-0.39, 0.29) is 6.03 Å². The van der Waals surface area contributed by atoms with Gasteiger partial charge in [0.25, 0.3) is 0 Å². The van der Waals surface area contributed by atoms with Crippen molar-refractivity contribution in [3.8, 4) is 6.07 Å². The second-order valence-electron chi connectivity index (χ2n) is 5.51. The summed E-state index contributed by atoms with van der Waals surface area (Å²) in [6, 6.07) is 13.1. The molecule has 23 heavy (non-hydrogen) atoms. The Morgan fingerprint density at radius 3 is 2.52 bits per heavy atom. The average Bonchev–Trinajstić information content (AvgIpc) is 2.50. The van der Waals surface area contributed by atoms with E-state index in [1.54, 1.807) is 24.1 Å². The molecule has 4 nitrogen and oxygen atoms in total. The zero-order valence-corrected chi connectivity index (χ0v) is 14.9. The highest BCUT2D eigenvalue weighted by Gasteiger charge is 2.13. The van der Waals surface area contributed by atoms with E-state index in [4.69, 9.17) is 5.26 Å². The predicted octanol–water partition coefficient (Wildman–Crippen LogP) is 4.60. The lowest BCUT2D eigenvalue weighted by atomic mass is 10.1. The molecular weight excluding hydrogens is 354 g/mol. The van der Waals surface area contributed by atoms with Crippen LogP contribution in [0.2, 0.25) is 0 Å². The van der Waals surface area contributed by atoms with Gasteiger partial charge in [0.15, 0.2) is 0 Å². The number of nitrogens with one attached hydrogen (secondary N) is 1. The van der Waals surface area contributed by atoms with Crippen molar-refractivity contribution in [3.63, 3.8) is 0 Å². The molecule has 0 bridgehead atoms. The molecule has 118 valence electrons. The molecule has 0 saturated heterocycles. The molecule has 2 aromatic rings. The van der Waals surface area contributed by atoms with Crippen molar-refractivity contribution < 1.29 is 4.79 Å². The summed E-state index contributed by atoms with van der Waals surface area (Å²) in [6.07, 6.45) is 0. The molecule has 0 atom stereocenters. The van der Waals surface area contributed by atoms with Gasteiger partial charge in [-0.1, -0.05) is 28.1 Å². The van der Waals surface area contributed by atoms with Gasteiger partial charge in [-0.05, 0) is 54.8 Å². The van der Waals surface area contributed by atoms with Crippen LogP contribution >= 0.6 is 15.9 Å². The van der Waals surface area contributed by atoms with E-state index in [1.165, 1.54) is 0 Å². The van der Waals surface area contributed by atoms with Crippen LogP contribution in [-0.4, -0.2) is 18.0 Å². The Morgan fingerprint density at radius 2 is 1.91 bits per heavy atom. The zero-order valence-electron chi connectivity index (χ0n) is 13.4. The number of urea groups is 1. The van der Waals surface area contributed by atoms with E-state index in [0.717, 1.165) is 26.9 Å². The van der Waals surface area contributed by atoms with Crippen molar-refractivity contribution in [2.45, 2.75) is 20.4 Å². The summed E-state index contributed by atoms with van der Waals surface area (Å²) in [5.74, 6) is 0. The summed E-state index contributed by atoms with van der Waals surface area (Å²) in [6.45, 7) is 4.36. The van der Waals surface area contributed by atoms with Crippen LogP contribution in [0.25, 0.3) is 0 Å². The molecule has 0 radical (unpaired) electrons. The molecule has 1 N–H and O–H groups in total. The fraction of sp³-hybridized carbons (Fsp3) is 0.222. The van der Waals surface area contributed by atoms with Gasteiger partial charge in [-0.3, -0.25) is 0 Å². The number of amides is 2. The number of anilines is 1. The van der Waals surface area contributed by atoms with Gasteiger partial charge in [-0.2, -0.15) is 5.26 Å². The van der Waals surface area contributed by atoms with Crippen LogP contribution in [-0.2, 0) is 6.54 Å². The number of carbonyl (C=O) groups is 1. The van der Waals surface area contributed by atoms with Crippen LogP contribution in [0.15, 0.2) is 40.9 Å². The SMILES string of the molecule is Cc1cc(Br)cc(C)c1NC(=O)N(C)Cc1cccc(C#N)c1. The van der Waals surface area contributed by atoms with Crippen molar-refractivity contribution in [1.29, 1.82) is 5.26 Å². The van der Waals surface area contributed by atoms with E-state index >= 15 is 0 Å². The molecule has 0 fully saturated rings. The monoisotopic (exact) mass is 371 g/mol. The lowest BCUT2D eigenvalue weighted by Gasteiger charge is -2.20. The molecule has 5 heteroatoms. The van der Waals surface area contributed by atoms with Gasteiger partial charge >= 0.3 is 6.03 Å². The first kappa shape index (κ1) is 17.0. The predicted molar refractivity (Wildman–Crippen MR) is 95.3 cm³/mol. The third-order valence-corrected chi connectivity index (χ3v) is 4.01. The maximum atomic E-state index is 12.4. The highest BCUT2D eigenvalue weighted by atomic mass is 79.9. The molecular formula is C18H18BrN3O. The normalized spacial score (nSPS) is 10.0. The number of carbonyl (C=O) groups excluding carboxylic acids is 1. The molecule has 0 aliphatic heterocycles. The van der Waals surface area contributed by atoms with Crippen LogP contribution in [0.1, 0.15) is 22.3 Å². The third kappa shape index (κ3) is 4.33. The summed E-state index contributed by atoms with van der Waals surface area (Å²) in [4.78, 5) is 14.0. The lowest BCUT2D eigenvalue weighted by molar-refractivity contribution is 0.220. The first-order valence-electron chi connectivity index (χ1n) is 7.18. The van der Waals surface area contributed by atoms with Crippen LogP contribution in [0, 0.1) is 25.2 Å². The number of aryl methyl sites for hydroxylation is 2. The standard InChI is InChI=1S/C18H18BrN3O/c1-12-7-16(19)8-13(2)17(12)21-18(23)22(3)11-15-6-4-5-14(9-15)10-20/h4-9H,11H2,1-3H3,(H,21,23). The highest BCUT2D eigenvalue weighted by molar-refractivity contribution is 9.10. The second kappa shape index (κ2) is 7.30. The van der Waals surface area contributed by atoms with Crippen LogP contribution in [0.4, 0.5) is 10.5 Å². The van der Waals surface area contributed by atoms with Crippen molar-refractivity contribution >= 4 is 27.6 Å². The van der Waals surface area contributed by atoms with Gasteiger partial charge in [0, 0.05) is 23.8 Å². The average molecular weight is 372 g/mol. The fourth-order valence-electron chi connectivity index (χ4n) is 2.40. The molecule has 0 aliphatic carbocycles. The largest absolute Gasteiger partial charge is 0.323 e. The van der Waals surface area contributed by atoms with Gasteiger partial charge < -0.3 is 10.2 Å². The van der Waals surface area contributed by atoms with Crippen molar-refractivity contribution in [2.24, 2.45) is 0 Å². The summed E-state index contributed by atoms with van der Waals surface area (Å²) in [7, 11) is 1.73. The Balaban J connectivity index is 2.10. The van der Waals surface area contributed by atoms with Gasteiger partial charge in [0.1, 0.15) is 0 Å². The van der Waals surface area contributed by atoms with E-state index in [0.29, 0.717) is 12.1 Å². The number of rotatable bonds is 3. The van der Waals surface area contributed by atoms with E-state index in [1.807, 2.05) is 38.1 Å². The second-order valence-corrected chi connectivity index (χ2v) is 6.43. The van der Waals surface area contributed by atoms with Crippen molar-refractivity contribution in [1.82, 2.24) is 4.90 Å². The molecule has 2 aromatic carbocycles. The summed E-state index contributed by atoms with van der Waals surface area (Å²) < 4.78 is 0.993. The number of halogens is 1. The number of hydrogen-bond donors (Lipinski definition) is 1. The molecule has 0 aliphatic rings. The molecule has 0 spiro atoms. The van der Waals surface area contributed by atoms with Crippen molar-refractivity contribution in [2.75, 3.05) is 12.4 Å². The van der Waals surface area contributed by atoms with E-state index in [2.05, 4.69) is 27.3 Å². The van der Waals surface area contributed by atoms with Crippen LogP contribution < -0.4 is 5.32 Å². The Hall–Kier alpha value is -2.32. The van der Waals surface area contributed by atoms with E-state index in [9.17, 15) is 4.79 Å². The summed E-state index contributed by atoms with van der Waals surface area (Å²) in [5, 5.41) is 11.9. The minimum atomic E-state index is -0.180. The zero-order chi connectivity index (χ0) is 17.0. The number of nitrogens with zero attached hydrogens (tertiary/aromatic N) is 2. The lowest BCUT2D eigenvalue weighted by Crippen LogP contribution is -2.31. The summed E-state index contributed by atoms with van der Waals surface area (Å²) >= 11 is 3.45. The van der Waals surface area contributed by atoms with Gasteiger partial charge in [-0.15, -0.1) is 0 Å². The van der Waals surface area contributed by atoms with Crippen LogP contribution in [0.5, 0.6) is 0 Å². The number of nitriles is 1. The van der Waals surface area contributed by atoms with Crippen molar-refractivity contribution in [3.05, 3.63) is 63.1 Å². The fourth-order valence-corrected chi connectivity index (χ4v) is 3.08. The van der Waals surface area contributed by atoms with E-state index < -0.39 is 0 Å². The molecule has 0 aromatic heterocycles. The minimum Gasteiger partial charge on any atom is -0.323 e. The Kier molecular flexibility index (Phi) is 5.41.